The van der Waals surface area contributed by atoms with Crippen LogP contribution in [0, 0.1) is 20.8 Å². The standard InChI is InChI=1S/C17H20N2O3/c1-11-7-13(3)18-14(8-11)10-22-15-5-6-16(12(2)9-15)19-17(20)21-4/h5-9H,10H2,1-4H3,(H,19,20). The lowest BCUT2D eigenvalue weighted by atomic mass is 10.2. The van der Waals surface area contributed by atoms with Crippen molar-refractivity contribution in [2.75, 3.05) is 12.4 Å². The van der Waals surface area contributed by atoms with Crippen LogP contribution in [0.3, 0.4) is 0 Å². The van der Waals surface area contributed by atoms with E-state index in [4.69, 9.17) is 4.74 Å². The van der Waals surface area contributed by atoms with Gasteiger partial charge >= 0.3 is 6.09 Å². The maximum atomic E-state index is 11.2. The molecule has 0 saturated carbocycles. The predicted octanol–water partition coefficient (Wildman–Crippen LogP) is 3.76. The molecule has 2 rings (SSSR count). The number of rotatable bonds is 4. The highest BCUT2D eigenvalue weighted by Crippen LogP contribution is 2.22. The zero-order chi connectivity index (χ0) is 16.1. The Balaban J connectivity index is 2.04. The molecular weight excluding hydrogens is 280 g/mol. The van der Waals surface area contributed by atoms with Crippen molar-refractivity contribution in [1.82, 2.24) is 4.98 Å². The van der Waals surface area contributed by atoms with Gasteiger partial charge in [0.15, 0.2) is 0 Å². The Morgan fingerprint density at radius 2 is 1.95 bits per heavy atom. The van der Waals surface area contributed by atoms with E-state index >= 15 is 0 Å². The molecule has 0 spiro atoms. The second-order valence-electron chi connectivity index (χ2n) is 5.16. The van der Waals surface area contributed by atoms with Crippen LogP contribution in [0.4, 0.5) is 10.5 Å². The molecule has 1 N–H and O–H groups in total. The third-order valence-corrected chi connectivity index (χ3v) is 3.16. The second kappa shape index (κ2) is 6.93. The molecule has 1 heterocycles. The SMILES string of the molecule is COC(=O)Nc1ccc(OCc2cc(C)cc(C)n2)cc1C. The molecule has 1 aromatic carbocycles. The third kappa shape index (κ3) is 4.22. The van der Waals surface area contributed by atoms with Crippen molar-refractivity contribution in [1.29, 1.82) is 0 Å². The molecule has 0 radical (unpaired) electrons. The number of aromatic nitrogens is 1. The van der Waals surface area contributed by atoms with Crippen LogP contribution >= 0.6 is 0 Å². The van der Waals surface area contributed by atoms with Gasteiger partial charge in [-0.3, -0.25) is 10.3 Å². The maximum Gasteiger partial charge on any atom is 0.411 e. The molecule has 116 valence electrons. The first-order valence-electron chi connectivity index (χ1n) is 7.00. The first-order chi connectivity index (χ1) is 10.5. The van der Waals surface area contributed by atoms with Crippen LogP contribution in [0.2, 0.25) is 0 Å². The van der Waals surface area contributed by atoms with Crippen molar-refractivity contribution >= 4 is 11.8 Å². The molecule has 0 aliphatic carbocycles. The highest BCUT2D eigenvalue weighted by molar-refractivity contribution is 5.85. The van der Waals surface area contributed by atoms with Gasteiger partial charge < -0.3 is 9.47 Å². The number of carbonyl (C=O) groups is 1. The molecule has 0 fully saturated rings. The maximum absolute atomic E-state index is 11.2. The van der Waals surface area contributed by atoms with Crippen LogP contribution in [0.5, 0.6) is 5.75 Å². The van der Waals surface area contributed by atoms with Gasteiger partial charge in [0.2, 0.25) is 0 Å². The van der Waals surface area contributed by atoms with Gasteiger partial charge in [0.05, 0.1) is 12.8 Å². The lowest BCUT2D eigenvalue weighted by Crippen LogP contribution is -2.11. The summed E-state index contributed by atoms with van der Waals surface area (Å²) < 4.78 is 10.3. The number of amides is 1. The van der Waals surface area contributed by atoms with E-state index in [0.717, 1.165) is 22.7 Å². The van der Waals surface area contributed by atoms with Crippen LogP contribution in [0.1, 0.15) is 22.5 Å². The summed E-state index contributed by atoms with van der Waals surface area (Å²) in [5.74, 6) is 0.730. The average Bonchev–Trinajstić information content (AvgIpc) is 2.46. The normalized spacial score (nSPS) is 10.2. The van der Waals surface area contributed by atoms with Crippen molar-refractivity contribution in [3.05, 3.63) is 52.8 Å². The molecule has 0 saturated heterocycles. The van der Waals surface area contributed by atoms with Crippen LogP contribution < -0.4 is 10.1 Å². The number of nitrogens with zero attached hydrogens (tertiary/aromatic N) is 1. The molecule has 0 aliphatic rings. The van der Waals surface area contributed by atoms with Crippen molar-refractivity contribution in [3.63, 3.8) is 0 Å². The van der Waals surface area contributed by atoms with E-state index in [1.807, 2.05) is 39.0 Å². The van der Waals surface area contributed by atoms with Crippen LogP contribution in [-0.2, 0) is 11.3 Å². The van der Waals surface area contributed by atoms with Crippen molar-refractivity contribution in [3.8, 4) is 5.75 Å². The molecule has 1 aromatic heterocycles. The number of methoxy groups -OCH3 is 1. The highest BCUT2D eigenvalue weighted by atomic mass is 16.5. The number of ether oxygens (including phenoxy) is 2. The van der Waals surface area contributed by atoms with E-state index in [-0.39, 0.29) is 0 Å². The lowest BCUT2D eigenvalue weighted by molar-refractivity contribution is 0.187. The number of hydrogen-bond donors (Lipinski definition) is 1. The van der Waals surface area contributed by atoms with Gasteiger partial charge in [-0.25, -0.2) is 4.79 Å². The number of nitrogens with one attached hydrogen (secondary N) is 1. The Bertz CT molecular complexity index is 663. The molecule has 5 heteroatoms. The summed E-state index contributed by atoms with van der Waals surface area (Å²) in [7, 11) is 1.33. The van der Waals surface area contributed by atoms with Gasteiger partial charge in [-0.05, 0) is 62.2 Å². The topological polar surface area (TPSA) is 60.5 Å². The Morgan fingerprint density at radius 3 is 2.59 bits per heavy atom. The summed E-state index contributed by atoms with van der Waals surface area (Å²) in [6.07, 6.45) is -0.490. The predicted molar refractivity (Wildman–Crippen MR) is 85.2 cm³/mol. The van der Waals surface area contributed by atoms with Crippen LogP contribution in [-0.4, -0.2) is 18.2 Å². The van der Waals surface area contributed by atoms with Gasteiger partial charge in [0.25, 0.3) is 0 Å². The zero-order valence-electron chi connectivity index (χ0n) is 13.3. The van der Waals surface area contributed by atoms with E-state index < -0.39 is 6.09 Å². The first-order valence-corrected chi connectivity index (χ1v) is 7.00. The largest absolute Gasteiger partial charge is 0.487 e. The fraction of sp³-hybridized carbons (Fsp3) is 0.294. The van der Waals surface area contributed by atoms with E-state index in [2.05, 4.69) is 15.0 Å². The van der Waals surface area contributed by atoms with Crippen LogP contribution in [0.25, 0.3) is 0 Å². The van der Waals surface area contributed by atoms with Crippen molar-refractivity contribution in [2.24, 2.45) is 0 Å². The minimum atomic E-state index is -0.490. The van der Waals surface area contributed by atoms with Gasteiger partial charge in [-0.15, -0.1) is 0 Å². The van der Waals surface area contributed by atoms with Crippen molar-refractivity contribution < 1.29 is 14.3 Å². The van der Waals surface area contributed by atoms with Gasteiger partial charge in [-0.1, -0.05) is 0 Å². The van der Waals surface area contributed by atoms with E-state index in [9.17, 15) is 4.79 Å². The molecular formula is C17H20N2O3. The molecule has 0 bridgehead atoms. The Kier molecular flexibility index (Phi) is 4.99. The summed E-state index contributed by atoms with van der Waals surface area (Å²) in [6.45, 7) is 6.31. The molecule has 0 atom stereocenters. The molecule has 1 amide bonds. The number of pyridine rings is 1. The van der Waals surface area contributed by atoms with Gasteiger partial charge in [0.1, 0.15) is 12.4 Å². The number of hydrogen-bond acceptors (Lipinski definition) is 4. The van der Waals surface area contributed by atoms with Crippen molar-refractivity contribution in [2.45, 2.75) is 27.4 Å². The second-order valence-corrected chi connectivity index (χ2v) is 5.16. The summed E-state index contributed by atoms with van der Waals surface area (Å²) in [6, 6.07) is 9.50. The summed E-state index contributed by atoms with van der Waals surface area (Å²) in [5.41, 5.74) is 4.64. The minimum absolute atomic E-state index is 0.408. The number of carbonyl (C=O) groups excluding carboxylic acids is 1. The monoisotopic (exact) mass is 300 g/mol. The Labute approximate surface area is 130 Å². The molecule has 22 heavy (non-hydrogen) atoms. The first kappa shape index (κ1) is 15.8. The number of aryl methyl sites for hydroxylation is 3. The van der Waals surface area contributed by atoms with Crippen LogP contribution in [0.15, 0.2) is 30.3 Å². The third-order valence-electron chi connectivity index (χ3n) is 3.16. The van der Waals surface area contributed by atoms with E-state index in [0.29, 0.717) is 12.3 Å². The number of benzene rings is 1. The summed E-state index contributed by atoms with van der Waals surface area (Å²) in [5, 5.41) is 2.65. The van der Waals surface area contributed by atoms with E-state index in [1.165, 1.54) is 12.7 Å². The Hall–Kier alpha value is -2.56. The molecule has 0 aliphatic heterocycles. The number of anilines is 1. The molecule has 2 aromatic rings. The van der Waals surface area contributed by atoms with Gasteiger partial charge in [-0.2, -0.15) is 0 Å². The Morgan fingerprint density at radius 1 is 1.18 bits per heavy atom. The fourth-order valence-corrected chi connectivity index (χ4v) is 2.18. The average molecular weight is 300 g/mol. The summed E-state index contributed by atoms with van der Waals surface area (Å²) in [4.78, 5) is 15.7. The fourth-order valence-electron chi connectivity index (χ4n) is 2.18. The zero-order valence-corrected chi connectivity index (χ0v) is 13.3. The van der Waals surface area contributed by atoms with E-state index in [1.54, 1.807) is 12.1 Å². The highest BCUT2D eigenvalue weighted by Gasteiger charge is 2.06. The molecule has 5 nitrogen and oxygen atoms in total. The smallest absolute Gasteiger partial charge is 0.411 e. The minimum Gasteiger partial charge on any atom is -0.487 e. The molecule has 0 unspecified atom stereocenters. The quantitative estimate of drug-likeness (QED) is 0.934. The van der Waals surface area contributed by atoms with Gasteiger partial charge in [0, 0.05) is 11.4 Å². The lowest BCUT2D eigenvalue weighted by Gasteiger charge is -2.11. The summed E-state index contributed by atoms with van der Waals surface area (Å²) >= 11 is 0.